The highest BCUT2D eigenvalue weighted by atomic mass is 16.5. The summed E-state index contributed by atoms with van der Waals surface area (Å²) in [5, 5.41) is 9.30. The first-order chi connectivity index (χ1) is 12.2. The molecule has 0 amide bonds. The van der Waals surface area contributed by atoms with Crippen LogP contribution in [0.3, 0.4) is 0 Å². The van der Waals surface area contributed by atoms with Gasteiger partial charge < -0.3 is 9.47 Å². The van der Waals surface area contributed by atoms with Crippen molar-refractivity contribution in [2.24, 2.45) is 0 Å². The molecule has 2 aromatic carbocycles. The third-order valence-corrected chi connectivity index (χ3v) is 3.53. The van der Waals surface area contributed by atoms with Crippen LogP contribution in [0.4, 0.5) is 0 Å². The van der Waals surface area contributed by atoms with Gasteiger partial charge in [-0.05, 0) is 24.1 Å². The lowest BCUT2D eigenvalue weighted by atomic mass is 10.1. The molecule has 2 rings (SSSR count). The maximum absolute atomic E-state index is 12.2. The molecule has 0 heterocycles. The van der Waals surface area contributed by atoms with Crippen LogP contribution in [0.15, 0.2) is 60.2 Å². The normalized spacial score (nSPS) is 10.8. The summed E-state index contributed by atoms with van der Waals surface area (Å²) in [5.41, 5.74) is 1.51. The molecule has 4 nitrogen and oxygen atoms in total. The molecule has 0 aliphatic heterocycles. The Morgan fingerprint density at radius 1 is 1.12 bits per heavy atom. The Morgan fingerprint density at radius 2 is 1.84 bits per heavy atom. The van der Waals surface area contributed by atoms with Crippen LogP contribution in [0.2, 0.25) is 0 Å². The molecule has 0 atom stereocenters. The van der Waals surface area contributed by atoms with Crippen LogP contribution in [0, 0.1) is 11.3 Å². The standard InChI is InChI=1S/C21H21NO3/c1-2-3-13-24-20-12-8-7-11-18(20)14-19(15-22)21(23)25-16-17-9-5-4-6-10-17/h4-12,14H,2-3,13,16H2,1H3/b19-14+. The summed E-state index contributed by atoms with van der Waals surface area (Å²) in [6.07, 6.45) is 3.49. The lowest BCUT2D eigenvalue weighted by molar-refractivity contribution is -0.139. The average Bonchev–Trinajstić information content (AvgIpc) is 2.66. The van der Waals surface area contributed by atoms with Crippen LogP contribution >= 0.6 is 0 Å². The summed E-state index contributed by atoms with van der Waals surface area (Å²) < 4.78 is 10.9. The van der Waals surface area contributed by atoms with Crippen molar-refractivity contribution >= 4 is 12.0 Å². The lowest BCUT2D eigenvalue weighted by Gasteiger charge is -2.09. The first-order valence-electron chi connectivity index (χ1n) is 8.29. The molecular formula is C21H21NO3. The molecule has 0 radical (unpaired) electrons. The van der Waals surface area contributed by atoms with Gasteiger partial charge in [-0.25, -0.2) is 4.79 Å². The molecule has 0 aromatic heterocycles. The van der Waals surface area contributed by atoms with Gasteiger partial charge in [0.25, 0.3) is 0 Å². The van der Waals surface area contributed by atoms with Crippen molar-refractivity contribution in [3.05, 3.63) is 71.3 Å². The van der Waals surface area contributed by atoms with Crippen molar-refractivity contribution in [3.8, 4) is 11.8 Å². The number of esters is 1. The molecule has 0 saturated heterocycles. The number of carbonyl (C=O) groups is 1. The summed E-state index contributed by atoms with van der Waals surface area (Å²) in [7, 11) is 0. The zero-order valence-corrected chi connectivity index (χ0v) is 14.3. The average molecular weight is 335 g/mol. The SMILES string of the molecule is CCCCOc1ccccc1/C=C(\C#N)C(=O)OCc1ccccc1. The molecule has 0 fully saturated rings. The lowest BCUT2D eigenvalue weighted by Crippen LogP contribution is -2.07. The molecule has 4 heteroatoms. The summed E-state index contributed by atoms with van der Waals surface area (Å²) in [4.78, 5) is 12.2. The Labute approximate surface area is 148 Å². The predicted molar refractivity (Wildman–Crippen MR) is 96.7 cm³/mol. The van der Waals surface area contributed by atoms with Crippen LogP contribution in [-0.4, -0.2) is 12.6 Å². The fourth-order valence-electron chi connectivity index (χ4n) is 2.15. The maximum atomic E-state index is 12.2. The van der Waals surface area contributed by atoms with E-state index < -0.39 is 5.97 Å². The van der Waals surface area contributed by atoms with Crippen molar-refractivity contribution in [2.45, 2.75) is 26.4 Å². The fourth-order valence-corrected chi connectivity index (χ4v) is 2.15. The topological polar surface area (TPSA) is 59.3 Å². The van der Waals surface area contributed by atoms with E-state index in [2.05, 4.69) is 6.92 Å². The number of unbranched alkanes of at least 4 members (excludes halogenated alkanes) is 1. The smallest absolute Gasteiger partial charge is 0.349 e. The minimum absolute atomic E-state index is 0.0533. The van der Waals surface area contributed by atoms with Crippen LogP contribution in [0.1, 0.15) is 30.9 Å². The number of para-hydroxylation sites is 1. The Morgan fingerprint density at radius 3 is 2.56 bits per heavy atom. The first-order valence-corrected chi connectivity index (χ1v) is 8.29. The molecule has 0 N–H and O–H groups in total. The summed E-state index contributed by atoms with van der Waals surface area (Å²) >= 11 is 0. The molecule has 2 aromatic rings. The maximum Gasteiger partial charge on any atom is 0.349 e. The molecule has 25 heavy (non-hydrogen) atoms. The molecule has 0 unspecified atom stereocenters. The third kappa shape index (κ3) is 5.82. The van der Waals surface area contributed by atoms with E-state index >= 15 is 0 Å². The van der Waals surface area contributed by atoms with Crippen molar-refractivity contribution in [1.82, 2.24) is 0 Å². The number of ether oxygens (including phenoxy) is 2. The van der Waals surface area contributed by atoms with Crippen molar-refractivity contribution in [3.63, 3.8) is 0 Å². The minimum Gasteiger partial charge on any atom is -0.493 e. The highest BCUT2D eigenvalue weighted by molar-refractivity contribution is 5.98. The Hall–Kier alpha value is -3.06. The van der Waals surface area contributed by atoms with Crippen LogP contribution in [0.25, 0.3) is 6.08 Å². The van der Waals surface area contributed by atoms with Crippen LogP contribution < -0.4 is 4.74 Å². The van der Waals surface area contributed by atoms with E-state index in [1.807, 2.05) is 60.7 Å². The molecule has 0 aliphatic carbocycles. The van der Waals surface area contributed by atoms with Gasteiger partial charge in [0, 0.05) is 5.56 Å². The van der Waals surface area contributed by atoms with Gasteiger partial charge in [-0.3, -0.25) is 0 Å². The fraction of sp³-hybridized carbons (Fsp3) is 0.238. The second-order valence-corrected chi connectivity index (χ2v) is 5.47. The molecule has 0 aliphatic rings. The Bertz CT molecular complexity index is 760. The first kappa shape index (κ1) is 18.3. The summed E-state index contributed by atoms with van der Waals surface area (Å²) in [5.74, 6) is 0.00859. The van der Waals surface area contributed by atoms with Gasteiger partial charge in [0.15, 0.2) is 0 Å². The number of nitriles is 1. The molecule has 0 spiro atoms. The van der Waals surface area contributed by atoms with Gasteiger partial charge in [-0.2, -0.15) is 5.26 Å². The van der Waals surface area contributed by atoms with Gasteiger partial charge in [0.2, 0.25) is 0 Å². The van der Waals surface area contributed by atoms with E-state index in [-0.39, 0.29) is 12.2 Å². The highest BCUT2D eigenvalue weighted by Gasteiger charge is 2.12. The Balaban J connectivity index is 2.08. The number of carbonyl (C=O) groups excluding carboxylic acids is 1. The number of rotatable bonds is 8. The largest absolute Gasteiger partial charge is 0.493 e. The zero-order chi connectivity index (χ0) is 17.9. The van der Waals surface area contributed by atoms with Crippen molar-refractivity contribution < 1.29 is 14.3 Å². The number of hydrogen-bond acceptors (Lipinski definition) is 4. The van der Waals surface area contributed by atoms with E-state index in [9.17, 15) is 10.1 Å². The van der Waals surface area contributed by atoms with E-state index in [1.54, 1.807) is 0 Å². The second kappa shape index (κ2) is 9.94. The van der Waals surface area contributed by atoms with Gasteiger partial charge >= 0.3 is 5.97 Å². The van der Waals surface area contributed by atoms with Gasteiger partial charge in [0.1, 0.15) is 24.0 Å². The number of nitrogens with zero attached hydrogens (tertiary/aromatic N) is 1. The van der Waals surface area contributed by atoms with Crippen molar-refractivity contribution in [2.75, 3.05) is 6.61 Å². The van der Waals surface area contributed by atoms with Gasteiger partial charge in [-0.15, -0.1) is 0 Å². The van der Waals surface area contributed by atoms with E-state index in [0.717, 1.165) is 18.4 Å². The minimum atomic E-state index is -0.644. The Kier molecular flexibility index (Phi) is 7.27. The highest BCUT2D eigenvalue weighted by Crippen LogP contribution is 2.21. The van der Waals surface area contributed by atoms with E-state index in [1.165, 1.54) is 6.08 Å². The van der Waals surface area contributed by atoms with Gasteiger partial charge in [0.05, 0.1) is 6.61 Å². The van der Waals surface area contributed by atoms with Crippen molar-refractivity contribution in [1.29, 1.82) is 5.26 Å². The third-order valence-electron chi connectivity index (χ3n) is 3.53. The molecular weight excluding hydrogens is 314 g/mol. The van der Waals surface area contributed by atoms with Gasteiger partial charge in [-0.1, -0.05) is 61.9 Å². The van der Waals surface area contributed by atoms with E-state index in [4.69, 9.17) is 9.47 Å². The number of hydrogen-bond donors (Lipinski definition) is 0. The number of benzene rings is 2. The molecule has 128 valence electrons. The zero-order valence-electron chi connectivity index (χ0n) is 14.3. The van der Waals surface area contributed by atoms with Crippen LogP contribution in [0.5, 0.6) is 5.75 Å². The summed E-state index contributed by atoms with van der Waals surface area (Å²) in [6, 6.07) is 18.6. The second-order valence-electron chi connectivity index (χ2n) is 5.47. The molecule has 0 saturated carbocycles. The monoisotopic (exact) mass is 335 g/mol. The predicted octanol–water partition coefficient (Wildman–Crippen LogP) is 4.52. The van der Waals surface area contributed by atoms with Crippen LogP contribution in [-0.2, 0) is 16.1 Å². The quantitative estimate of drug-likeness (QED) is 0.308. The molecule has 0 bridgehead atoms. The summed E-state index contributed by atoms with van der Waals surface area (Å²) in [6.45, 7) is 2.82. The van der Waals surface area contributed by atoms with E-state index in [0.29, 0.717) is 17.9 Å².